The van der Waals surface area contributed by atoms with Crippen LogP contribution >= 0.6 is 0 Å². The monoisotopic (exact) mass is 300 g/mol. The summed E-state index contributed by atoms with van der Waals surface area (Å²) in [6, 6.07) is 0.836. The Morgan fingerprint density at radius 2 is 2.14 bits per heavy atom. The van der Waals surface area contributed by atoms with Gasteiger partial charge in [-0.25, -0.2) is 0 Å². The van der Waals surface area contributed by atoms with Crippen molar-refractivity contribution in [3.8, 4) is 0 Å². The molecule has 1 saturated carbocycles. The normalized spacial score (nSPS) is 24.2. The van der Waals surface area contributed by atoms with E-state index in [2.05, 4.69) is 17.2 Å². The van der Waals surface area contributed by atoms with Gasteiger partial charge in [-0.3, -0.25) is 4.98 Å². The van der Waals surface area contributed by atoms with Crippen molar-refractivity contribution in [1.82, 2.24) is 10.3 Å². The van der Waals surface area contributed by atoms with E-state index in [1.807, 2.05) is 6.92 Å². The van der Waals surface area contributed by atoms with Crippen LogP contribution in [0.2, 0.25) is 0 Å². The van der Waals surface area contributed by atoms with Crippen LogP contribution in [-0.4, -0.2) is 11.5 Å². The number of aromatic nitrogens is 1. The summed E-state index contributed by atoms with van der Waals surface area (Å²) in [6.07, 6.45) is 2.36. The van der Waals surface area contributed by atoms with Crippen molar-refractivity contribution in [2.75, 3.05) is 6.54 Å². The van der Waals surface area contributed by atoms with Crippen LogP contribution in [0.15, 0.2) is 18.5 Å². The number of alkyl halides is 3. The van der Waals surface area contributed by atoms with Gasteiger partial charge in [0, 0.05) is 18.4 Å². The average molecular weight is 300 g/mol. The van der Waals surface area contributed by atoms with Gasteiger partial charge >= 0.3 is 6.18 Å². The number of halogens is 3. The maximum Gasteiger partial charge on any atom is 0.416 e. The Kier molecular flexibility index (Phi) is 5.25. The van der Waals surface area contributed by atoms with Gasteiger partial charge in [0.1, 0.15) is 0 Å². The molecule has 0 bridgehead atoms. The summed E-state index contributed by atoms with van der Waals surface area (Å²) in [5.74, 6) is 0.697. The van der Waals surface area contributed by atoms with E-state index in [1.54, 1.807) is 0 Å². The lowest BCUT2D eigenvalue weighted by Crippen LogP contribution is -2.32. The zero-order chi connectivity index (χ0) is 15.5. The highest BCUT2D eigenvalue weighted by atomic mass is 19.4. The standard InChI is InChI=1S/C16H23F3N2/c1-3-8-21-15(12-6-4-5-11(12)2)13-10-20-9-7-14(13)16(17,18)19/h7,9-12,15,21H,3-6,8H2,1-2H3. The molecule has 5 heteroatoms. The van der Waals surface area contributed by atoms with Gasteiger partial charge < -0.3 is 5.32 Å². The molecule has 1 N–H and O–H groups in total. The van der Waals surface area contributed by atoms with Crippen molar-refractivity contribution in [1.29, 1.82) is 0 Å². The fourth-order valence-electron chi connectivity index (χ4n) is 3.37. The molecule has 0 radical (unpaired) electrons. The Bertz CT molecular complexity index is 459. The molecule has 3 unspecified atom stereocenters. The number of nitrogens with one attached hydrogen (secondary N) is 1. The molecule has 0 spiro atoms. The number of hydrogen-bond acceptors (Lipinski definition) is 2. The summed E-state index contributed by atoms with van der Waals surface area (Å²) >= 11 is 0. The molecular weight excluding hydrogens is 277 g/mol. The van der Waals surface area contributed by atoms with Crippen molar-refractivity contribution in [3.63, 3.8) is 0 Å². The second-order valence-corrected chi connectivity index (χ2v) is 5.96. The van der Waals surface area contributed by atoms with Gasteiger partial charge in [-0.05, 0) is 42.9 Å². The molecule has 1 aromatic rings. The van der Waals surface area contributed by atoms with Gasteiger partial charge in [-0.15, -0.1) is 0 Å². The third-order valence-corrected chi connectivity index (χ3v) is 4.46. The first kappa shape index (κ1) is 16.3. The summed E-state index contributed by atoms with van der Waals surface area (Å²) in [5, 5.41) is 3.33. The first-order valence-corrected chi connectivity index (χ1v) is 7.69. The zero-order valence-corrected chi connectivity index (χ0v) is 12.6. The van der Waals surface area contributed by atoms with Gasteiger partial charge in [0.25, 0.3) is 0 Å². The Hall–Kier alpha value is -1.10. The molecule has 0 aromatic carbocycles. The van der Waals surface area contributed by atoms with E-state index in [1.165, 1.54) is 12.4 Å². The molecule has 0 saturated heterocycles. The molecule has 1 heterocycles. The highest BCUT2D eigenvalue weighted by Crippen LogP contribution is 2.43. The van der Waals surface area contributed by atoms with Crippen LogP contribution in [0.1, 0.15) is 56.7 Å². The highest BCUT2D eigenvalue weighted by molar-refractivity contribution is 5.30. The van der Waals surface area contributed by atoms with Crippen LogP contribution < -0.4 is 5.32 Å². The fraction of sp³-hybridized carbons (Fsp3) is 0.688. The lowest BCUT2D eigenvalue weighted by atomic mass is 9.84. The number of pyridine rings is 1. The van der Waals surface area contributed by atoms with E-state index in [4.69, 9.17) is 0 Å². The molecule has 21 heavy (non-hydrogen) atoms. The second kappa shape index (κ2) is 6.77. The van der Waals surface area contributed by atoms with Crippen LogP contribution in [0.3, 0.4) is 0 Å². The lowest BCUT2D eigenvalue weighted by Gasteiger charge is -2.30. The maximum atomic E-state index is 13.3. The second-order valence-electron chi connectivity index (χ2n) is 5.96. The minimum absolute atomic E-state index is 0.252. The van der Waals surface area contributed by atoms with Crippen molar-refractivity contribution < 1.29 is 13.2 Å². The number of rotatable bonds is 5. The maximum absolute atomic E-state index is 13.3. The predicted molar refractivity (Wildman–Crippen MR) is 76.8 cm³/mol. The van der Waals surface area contributed by atoms with Gasteiger partial charge in [0.05, 0.1) is 5.56 Å². The third kappa shape index (κ3) is 3.76. The van der Waals surface area contributed by atoms with Gasteiger partial charge in [0.15, 0.2) is 0 Å². The van der Waals surface area contributed by atoms with Crippen LogP contribution in [-0.2, 0) is 6.18 Å². The molecule has 118 valence electrons. The molecule has 2 nitrogen and oxygen atoms in total. The van der Waals surface area contributed by atoms with Crippen LogP contribution in [0, 0.1) is 11.8 Å². The first-order valence-electron chi connectivity index (χ1n) is 7.69. The van der Waals surface area contributed by atoms with Crippen molar-refractivity contribution >= 4 is 0 Å². The summed E-state index contributed by atoms with van der Waals surface area (Å²) in [7, 11) is 0. The Labute approximate surface area is 124 Å². The van der Waals surface area contributed by atoms with Crippen LogP contribution in [0.4, 0.5) is 13.2 Å². The van der Waals surface area contributed by atoms with Crippen molar-refractivity contribution in [2.45, 2.75) is 51.7 Å². The Morgan fingerprint density at radius 1 is 1.38 bits per heavy atom. The number of hydrogen-bond donors (Lipinski definition) is 1. The van der Waals surface area contributed by atoms with Crippen molar-refractivity contribution in [3.05, 3.63) is 29.6 Å². The summed E-state index contributed by atoms with van der Waals surface area (Å²) < 4.78 is 39.8. The molecule has 1 fully saturated rings. The average Bonchev–Trinajstić information content (AvgIpc) is 2.85. The fourth-order valence-corrected chi connectivity index (χ4v) is 3.37. The van der Waals surface area contributed by atoms with Gasteiger partial charge in [-0.2, -0.15) is 13.2 Å². The SMILES string of the molecule is CCCNC(c1cnccc1C(F)(F)F)C1CCCC1C. The molecule has 0 amide bonds. The Morgan fingerprint density at radius 3 is 2.71 bits per heavy atom. The smallest absolute Gasteiger partial charge is 0.310 e. The molecular formula is C16H23F3N2. The van der Waals surface area contributed by atoms with Crippen molar-refractivity contribution in [2.24, 2.45) is 11.8 Å². The summed E-state index contributed by atoms with van der Waals surface area (Å²) in [5.41, 5.74) is -0.248. The quantitative estimate of drug-likeness (QED) is 0.861. The molecule has 1 aromatic heterocycles. The number of nitrogens with zero attached hydrogens (tertiary/aromatic N) is 1. The van der Waals surface area contributed by atoms with E-state index in [9.17, 15) is 13.2 Å². The molecule has 3 atom stereocenters. The minimum atomic E-state index is -4.33. The van der Waals surface area contributed by atoms with E-state index in [0.29, 0.717) is 11.5 Å². The van der Waals surface area contributed by atoms with Gasteiger partial charge in [0.2, 0.25) is 0 Å². The molecule has 0 aliphatic heterocycles. The van der Waals surface area contributed by atoms with E-state index < -0.39 is 11.7 Å². The largest absolute Gasteiger partial charge is 0.416 e. The molecule has 2 rings (SSSR count). The Balaban J connectivity index is 2.36. The highest BCUT2D eigenvalue weighted by Gasteiger charge is 2.39. The molecule has 1 aliphatic rings. The lowest BCUT2D eigenvalue weighted by molar-refractivity contribution is -0.138. The van der Waals surface area contributed by atoms with Crippen LogP contribution in [0.5, 0.6) is 0 Å². The first-order chi connectivity index (χ1) is 9.95. The van der Waals surface area contributed by atoms with Crippen LogP contribution in [0.25, 0.3) is 0 Å². The van der Waals surface area contributed by atoms with E-state index in [-0.39, 0.29) is 12.0 Å². The van der Waals surface area contributed by atoms with E-state index in [0.717, 1.165) is 38.3 Å². The molecule has 1 aliphatic carbocycles. The zero-order valence-electron chi connectivity index (χ0n) is 12.6. The van der Waals surface area contributed by atoms with Gasteiger partial charge in [-0.1, -0.05) is 26.7 Å². The topological polar surface area (TPSA) is 24.9 Å². The predicted octanol–water partition coefficient (Wildman–Crippen LogP) is 4.58. The van der Waals surface area contributed by atoms with E-state index >= 15 is 0 Å². The minimum Gasteiger partial charge on any atom is -0.310 e. The summed E-state index contributed by atoms with van der Waals surface area (Å²) in [6.45, 7) is 4.89. The third-order valence-electron chi connectivity index (χ3n) is 4.46. The summed E-state index contributed by atoms with van der Waals surface area (Å²) in [4.78, 5) is 3.94.